The van der Waals surface area contributed by atoms with Gasteiger partial charge in [-0.15, -0.1) is 0 Å². The molecule has 0 aromatic heterocycles. The van der Waals surface area contributed by atoms with Gasteiger partial charge in [0.25, 0.3) is 0 Å². The smallest absolute Gasteiger partial charge is 0.152 e. The van der Waals surface area contributed by atoms with Crippen molar-refractivity contribution in [1.29, 1.82) is 0 Å². The van der Waals surface area contributed by atoms with Crippen molar-refractivity contribution < 1.29 is 18.3 Å². The predicted molar refractivity (Wildman–Crippen MR) is 57.6 cm³/mol. The zero-order valence-corrected chi connectivity index (χ0v) is 10.0. The van der Waals surface area contributed by atoms with E-state index in [-0.39, 0.29) is 18.1 Å². The van der Waals surface area contributed by atoms with Crippen LogP contribution in [0.1, 0.15) is 13.3 Å². The molecule has 1 aliphatic rings. The normalized spacial score (nSPS) is 31.7. The molecule has 0 aromatic carbocycles. The number of hydrogen-bond donors (Lipinski definition) is 2. The summed E-state index contributed by atoms with van der Waals surface area (Å²) in [6.07, 6.45) is 0.0183. The molecule has 0 bridgehead atoms. The van der Waals surface area contributed by atoms with Gasteiger partial charge in [-0.2, -0.15) is 0 Å². The van der Waals surface area contributed by atoms with Crippen LogP contribution in [0.3, 0.4) is 0 Å². The van der Waals surface area contributed by atoms with Gasteiger partial charge < -0.3 is 15.2 Å². The lowest BCUT2D eigenvalue weighted by Crippen LogP contribution is -2.47. The molecule has 0 spiro atoms. The van der Waals surface area contributed by atoms with Crippen LogP contribution < -0.4 is 5.32 Å². The monoisotopic (exact) mass is 237 g/mol. The molecule has 2 atom stereocenters. The third-order valence-electron chi connectivity index (χ3n) is 2.63. The van der Waals surface area contributed by atoms with E-state index in [2.05, 4.69) is 5.32 Å². The van der Waals surface area contributed by atoms with Crippen molar-refractivity contribution in [3.05, 3.63) is 0 Å². The van der Waals surface area contributed by atoms with Crippen LogP contribution in [-0.2, 0) is 14.6 Å². The summed E-state index contributed by atoms with van der Waals surface area (Å²) in [5.41, 5.74) is -0.395. The summed E-state index contributed by atoms with van der Waals surface area (Å²) >= 11 is 0. The summed E-state index contributed by atoms with van der Waals surface area (Å²) in [5, 5.41) is 12.5. The van der Waals surface area contributed by atoms with Gasteiger partial charge in [-0.25, -0.2) is 8.42 Å². The highest BCUT2D eigenvalue weighted by Gasteiger charge is 2.38. The maximum atomic E-state index is 11.3. The molecule has 1 fully saturated rings. The molecule has 0 aliphatic carbocycles. The van der Waals surface area contributed by atoms with Gasteiger partial charge in [0, 0.05) is 19.2 Å². The van der Waals surface area contributed by atoms with Gasteiger partial charge in [-0.1, -0.05) is 0 Å². The van der Waals surface area contributed by atoms with Crippen molar-refractivity contribution in [2.75, 3.05) is 31.8 Å². The molecule has 0 radical (unpaired) electrons. The standard InChI is InChI=1S/C9H19NO4S/c1-9(3-4-15(12,13)7-9)10-5-8(11)6-14-2/h8,10-11H,3-7H2,1-2H3. The van der Waals surface area contributed by atoms with Crippen molar-refractivity contribution in [2.45, 2.75) is 25.0 Å². The Morgan fingerprint density at radius 1 is 1.60 bits per heavy atom. The molecule has 2 N–H and O–H groups in total. The first-order chi connectivity index (χ1) is 6.87. The molecule has 1 aliphatic heterocycles. The highest BCUT2D eigenvalue weighted by Crippen LogP contribution is 2.22. The Bertz CT molecular complexity index is 303. The Hall–Kier alpha value is -0.170. The number of ether oxygens (including phenoxy) is 1. The summed E-state index contributed by atoms with van der Waals surface area (Å²) in [6, 6.07) is 0. The summed E-state index contributed by atoms with van der Waals surface area (Å²) in [5.74, 6) is 0.385. The summed E-state index contributed by atoms with van der Waals surface area (Å²) < 4.78 is 27.4. The second-order valence-electron chi connectivity index (χ2n) is 4.39. The molecule has 1 saturated heterocycles. The van der Waals surface area contributed by atoms with Gasteiger partial charge in [0.15, 0.2) is 9.84 Å². The van der Waals surface area contributed by atoms with Crippen LogP contribution in [0.15, 0.2) is 0 Å². The Morgan fingerprint density at radius 2 is 2.27 bits per heavy atom. The molecular formula is C9H19NO4S. The van der Waals surface area contributed by atoms with E-state index in [0.717, 1.165) is 0 Å². The van der Waals surface area contributed by atoms with Crippen molar-refractivity contribution in [2.24, 2.45) is 0 Å². The zero-order chi connectivity index (χ0) is 11.5. The van der Waals surface area contributed by atoms with Crippen LogP contribution in [0, 0.1) is 0 Å². The second kappa shape index (κ2) is 4.78. The molecule has 1 rings (SSSR count). The van der Waals surface area contributed by atoms with Crippen LogP contribution in [0.2, 0.25) is 0 Å². The van der Waals surface area contributed by atoms with E-state index in [1.54, 1.807) is 0 Å². The third-order valence-corrected chi connectivity index (χ3v) is 4.53. The van der Waals surface area contributed by atoms with E-state index in [9.17, 15) is 13.5 Å². The van der Waals surface area contributed by atoms with Crippen molar-refractivity contribution in [1.82, 2.24) is 5.32 Å². The quantitative estimate of drug-likeness (QED) is 0.652. The van der Waals surface area contributed by atoms with Gasteiger partial charge in [-0.3, -0.25) is 0 Å². The van der Waals surface area contributed by atoms with E-state index >= 15 is 0 Å². The topological polar surface area (TPSA) is 75.6 Å². The molecule has 6 heteroatoms. The fraction of sp³-hybridized carbons (Fsp3) is 1.00. The Kier molecular flexibility index (Phi) is 4.11. The lowest BCUT2D eigenvalue weighted by Gasteiger charge is -2.25. The number of nitrogens with one attached hydrogen (secondary N) is 1. The van der Waals surface area contributed by atoms with Crippen LogP contribution >= 0.6 is 0 Å². The van der Waals surface area contributed by atoms with Gasteiger partial charge in [0.2, 0.25) is 0 Å². The molecule has 1 heterocycles. The van der Waals surface area contributed by atoms with E-state index < -0.39 is 21.5 Å². The number of sulfone groups is 1. The first-order valence-corrected chi connectivity index (χ1v) is 6.81. The summed E-state index contributed by atoms with van der Waals surface area (Å²) in [7, 11) is -1.37. The van der Waals surface area contributed by atoms with Crippen LogP contribution in [0.4, 0.5) is 0 Å². The van der Waals surface area contributed by atoms with E-state index in [0.29, 0.717) is 13.0 Å². The molecule has 90 valence electrons. The van der Waals surface area contributed by atoms with E-state index in [4.69, 9.17) is 4.74 Å². The zero-order valence-electron chi connectivity index (χ0n) is 9.19. The Balaban J connectivity index is 2.39. The van der Waals surface area contributed by atoms with Crippen LogP contribution in [0.25, 0.3) is 0 Å². The number of β-amino-alcohol motifs (C(OH)–C–C–N with tert-alkyl or cyclic N) is 1. The SMILES string of the molecule is COCC(O)CNC1(C)CCS(=O)(=O)C1. The minimum absolute atomic E-state index is 0.152. The molecule has 15 heavy (non-hydrogen) atoms. The molecule has 0 aromatic rings. The second-order valence-corrected chi connectivity index (χ2v) is 6.58. The fourth-order valence-corrected chi connectivity index (χ4v) is 3.89. The molecule has 0 saturated carbocycles. The van der Waals surface area contributed by atoms with Gasteiger partial charge >= 0.3 is 0 Å². The number of aliphatic hydroxyl groups excluding tert-OH is 1. The Labute approximate surface area is 90.7 Å². The largest absolute Gasteiger partial charge is 0.389 e. The Morgan fingerprint density at radius 3 is 2.73 bits per heavy atom. The first kappa shape index (κ1) is 12.9. The molecule has 5 nitrogen and oxygen atoms in total. The number of rotatable bonds is 5. The highest BCUT2D eigenvalue weighted by molar-refractivity contribution is 7.91. The molecule has 0 amide bonds. The highest BCUT2D eigenvalue weighted by atomic mass is 32.2. The van der Waals surface area contributed by atoms with Gasteiger partial charge in [0.05, 0.1) is 24.2 Å². The van der Waals surface area contributed by atoms with Crippen molar-refractivity contribution in [3.63, 3.8) is 0 Å². The minimum atomic E-state index is -2.89. The number of methoxy groups -OCH3 is 1. The van der Waals surface area contributed by atoms with E-state index in [1.807, 2.05) is 6.92 Å². The minimum Gasteiger partial charge on any atom is -0.389 e. The molecule has 2 unspecified atom stereocenters. The van der Waals surface area contributed by atoms with Crippen LogP contribution in [0.5, 0.6) is 0 Å². The van der Waals surface area contributed by atoms with Crippen molar-refractivity contribution in [3.8, 4) is 0 Å². The summed E-state index contributed by atoms with van der Waals surface area (Å²) in [6.45, 7) is 2.49. The average molecular weight is 237 g/mol. The van der Waals surface area contributed by atoms with Gasteiger partial charge in [-0.05, 0) is 13.3 Å². The fourth-order valence-electron chi connectivity index (χ4n) is 1.77. The first-order valence-electron chi connectivity index (χ1n) is 4.99. The lowest BCUT2D eigenvalue weighted by molar-refractivity contribution is 0.0601. The third kappa shape index (κ3) is 4.06. The lowest BCUT2D eigenvalue weighted by atomic mass is 10.0. The maximum absolute atomic E-state index is 11.3. The summed E-state index contributed by atoms with van der Waals surface area (Å²) in [4.78, 5) is 0. The number of aliphatic hydroxyl groups is 1. The van der Waals surface area contributed by atoms with Crippen LogP contribution in [-0.4, -0.2) is 56.9 Å². The van der Waals surface area contributed by atoms with E-state index in [1.165, 1.54) is 7.11 Å². The van der Waals surface area contributed by atoms with Gasteiger partial charge in [0.1, 0.15) is 0 Å². The van der Waals surface area contributed by atoms with Crippen molar-refractivity contribution >= 4 is 9.84 Å². The maximum Gasteiger partial charge on any atom is 0.152 e. The molecular weight excluding hydrogens is 218 g/mol. The number of hydrogen-bond acceptors (Lipinski definition) is 5. The predicted octanol–water partition coefficient (Wildman–Crippen LogP) is -0.839. The average Bonchev–Trinajstić information content (AvgIpc) is 2.39.